The van der Waals surface area contributed by atoms with Crippen molar-refractivity contribution in [1.29, 1.82) is 0 Å². The topological polar surface area (TPSA) is 33.1 Å². The average Bonchev–Trinajstić information content (AvgIpc) is 2.37. The molecule has 2 atom stereocenters. The van der Waals surface area contributed by atoms with Crippen molar-refractivity contribution in [3.8, 4) is 0 Å². The summed E-state index contributed by atoms with van der Waals surface area (Å²) in [4.78, 5) is 3.53. The van der Waals surface area contributed by atoms with Crippen molar-refractivity contribution in [2.45, 2.75) is 43.6 Å². The summed E-state index contributed by atoms with van der Waals surface area (Å²) in [6, 6.07) is 0.671. The van der Waals surface area contributed by atoms with E-state index in [1.807, 2.05) is 0 Å². The number of hydrogen-bond donors (Lipinski definition) is 1. The standard InChI is InChI=1S/C13H13F6NO/c14-12(15,16)8-2-1-4-11(21,6-8)10-7-20-5-3-9(10)13(17,18)19/h3,5,7-8,21H,1-2,4,6H2. The fraction of sp³-hybridized carbons (Fsp3) is 0.615. The minimum Gasteiger partial charge on any atom is -0.385 e. The molecule has 0 aliphatic heterocycles. The molecular weight excluding hydrogens is 300 g/mol. The van der Waals surface area contributed by atoms with Gasteiger partial charge >= 0.3 is 12.4 Å². The normalized spacial score (nSPS) is 27.7. The maximum atomic E-state index is 12.9. The van der Waals surface area contributed by atoms with Gasteiger partial charge in [-0.15, -0.1) is 0 Å². The fourth-order valence-electron chi connectivity index (χ4n) is 2.79. The highest BCUT2D eigenvalue weighted by atomic mass is 19.4. The summed E-state index contributed by atoms with van der Waals surface area (Å²) < 4.78 is 77.2. The summed E-state index contributed by atoms with van der Waals surface area (Å²) >= 11 is 0. The first-order valence-corrected chi connectivity index (χ1v) is 6.35. The minimum atomic E-state index is -4.75. The van der Waals surface area contributed by atoms with Crippen LogP contribution in [0.15, 0.2) is 18.5 Å². The highest BCUT2D eigenvalue weighted by molar-refractivity contribution is 5.32. The van der Waals surface area contributed by atoms with Gasteiger partial charge in [-0.1, -0.05) is 0 Å². The van der Waals surface area contributed by atoms with E-state index in [-0.39, 0.29) is 19.3 Å². The Balaban J connectivity index is 2.41. The lowest BCUT2D eigenvalue weighted by Gasteiger charge is -2.38. The summed E-state index contributed by atoms with van der Waals surface area (Å²) in [5, 5.41) is 10.4. The van der Waals surface area contributed by atoms with Gasteiger partial charge in [-0.05, 0) is 31.7 Å². The van der Waals surface area contributed by atoms with Crippen molar-refractivity contribution >= 4 is 0 Å². The Morgan fingerprint density at radius 1 is 1.19 bits per heavy atom. The molecule has 21 heavy (non-hydrogen) atoms. The Kier molecular flexibility index (Phi) is 3.94. The number of aromatic nitrogens is 1. The van der Waals surface area contributed by atoms with Crippen LogP contribution in [0.1, 0.15) is 36.8 Å². The van der Waals surface area contributed by atoms with Crippen LogP contribution in [0.4, 0.5) is 26.3 Å². The summed E-state index contributed by atoms with van der Waals surface area (Å²) in [6.07, 6.45) is -8.67. The van der Waals surface area contributed by atoms with E-state index in [0.717, 1.165) is 12.4 Å². The predicted molar refractivity (Wildman–Crippen MR) is 61.1 cm³/mol. The molecular formula is C13H13F6NO. The molecule has 2 unspecified atom stereocenters. The van der Waals surface area contributed by atoms with Crippen LogP contribution in [-0.2, 0) is 11.8 Å². The maximum Gasteiger partial charge on any atom is 0.416 e. The van der Waals surface area contributed by atoms with Gasteiger partial charge in [0.2, 0.25) is 0 Å². The second-order valence-electron chi connectivity index (χ2n) is 5.29. The van der Waals surface area contributed by atoms with E-state index in [1.54, 1.807) is 0 Å². The van der Waals surface area contributed by atoms with Crippen LogP contribution >= 0.6 is 0 Å². The molecule has 0 amide bonds. The van der Waals surface area contributed by atoms with Gasteiger partial charge in [0.25, 0.3) is 0 Å². The van der Waals surface area contributed by atoms with Crippen LogP contribution in [-0.4, -0.2) is 16.3 Å². The first-order valence-electron chi connectivity index (χ1n) is 6.35. The highest BCUT2D eigenvalue weighted by Gasteiger charge is 2.50. The largest absolute Gasteiger partial charge is 0.416 e. The van der Waals surface area contributed by atoms with E-state index in [9.17, 15) is 31.4 Å². The summed E-state index contributed by atoms with van der Waals surface area (Å²) in [7, 11) is 0. The van der Waals surface area contributed by atoms with Gasteiger partial charge in [0.15, 0.2) is 0 Å². The number of nitrogens with zero attached hydrogens (tertiary/aromatic N) is 1. The molecule has 0 spiro atoms. The molecule has 1 aromatic heterocycles. The van der Waals surface area contributed by atoms with Crippen molar-refractivity contribution in [2.75, 3.05) is 0 Å². The lowest BCUT2D eigenvalue weighted by Crippen LogP contribution is -2.39. The van der Waals surface area contributed by atoms with Crippen LogP contribution < -0.4 is 0 Å². The molecule has 1 fully saturated rings. The van der Waals surface area contributed by atoms with Gasteiger partial charge in [0, 0.05) is 18.0 Å². The number of halogens is 6. The van der Waals surface area contributed by atoms with Crippen molar-refractivity contribution < 1.29 is 31.4 Å². The third-order valence-corrected chi connectivity index (χ3v) is 3.82. The molecule has 0 bridgehead atoms. The number of pyridine rings is 1. The third kappa shape index (κ3) is 3.30. The Hall–Kier alpha value is -1.31. The Morgan fingerprint density at radius 2 is 1.86 bits per heavy atom. The Bertz CT molecular complexity index is 512. The molecule has 1 aromatic rings. The molecule has 2 nitrogen and oxygen atoms in total. The van der Waals surface area contributed by atoms with Crippen molar-refractivity contribution in [1.82, 2.24) is 4.98 Å². The average molecular weight is 313 g/mol. The third-order valence-electron chi connectivity index (χ3n) is 3.82. The second-order valence-corrected chi connectivity index (χ2v) is 5.29. The molecule has 0 aromatic carbocycles. The number of aliphatic hydroxyl groups is 1. The van der Waals surface area contributed by atoms with Gasteiger partial charge in [-0.2, -0.15) is 26.3 Å². The molecule has 8 heteroatoms. The van der Waals surface area contributed by atoms with E-state index in [2.05, 4.69) is 4.98 Å². The van der Waals surface area contributed by atoms with Crippen LogP contribution in [0.5, 0.6) is 0 Å². The number of hydrogen-bond acceptors (Lipinski definition) is 2. The van der Waals surface area contributed by atoms with Gasteiger partial charge in [0.1, 0.15) is 0 Å². The van der Waals surface area contributed by atoms with Gasteiger partial charge in [-0.3, -0.25) is 4.98 Å². The van der Waals surface area contributed by atoms with Crippen molar-refractivity contribution in [3.63, 3.8) is 0 Å². The Morgan fingerprint density at radius 3 is 2.43 bits per heavy atom. The Labute approximate surface area is 116 Å². The molecule has 1 aliphatic carbocycles. The maximum absolute atomic E-state index is 12.9. The van der Waals surface area contributed by atoms with E-state index in [0.29, 0.717) is 6.07 Å². The molecule has 0 saturated heterocycles. The molecule has 1 aliphatic rings. The SMILES string of the molecule is OC1(c2cnccc2C(F)(F)F)CCCC(C(F)(F)F)C1. The smallest absolute Gasteiger partial charge is 0.385 e. The zero-order valence-electron chi connectivity index (χ0n) is 10.8. The van der Waals surface area contributed by atoms with Crippen molar-refractivity contribution in [3.05, 3.63) is 29.6 Å². The van der Waals surface area contributed by atoms with Crippen LogP contribution in [0.2, 0.25) is 0 Å². The monoisotopic (exact) mass is 313 g/mol. The predicted octanol–water partition coefficient (Wildman–Crippen LogP) is 4.04. The second kappa shape index (κ2) is 5.15. The van der Waals surface area contributed by atoms with Crippen molar-refractivity contribution in [2.24, 2.45) is 5.92 Å². The molecule has 1 saturated carbocycles. The van der Waals surface area contributed by atoms with Gasteiger partial charge in [-0.25, -0.2) is 0 Å². The zero-order valence-corrected chi connectivity index (χ0v) is 10.8. The number of rotatable bonds is 1. The quantitative estimate of drug-likeness (QED) is 0.794. The van der Waals surface area contributed by atoms with Crippen LogP contribution in [0.3, 0.4) is 0 Å². The fourth-order valence-corrected chi connectivity index (χ4v) is 2.79. The van der Waals surface area contributed by atoms with Crippen LogP contribution in [0, 0.1) is 5.92 Å². The van der Waals surface area contributed by atoms with Gasteiger partial charge < -0.3 is 5.11 Å². The number of alkyl halides is 6. The van der Waals surface area contributed by atoms with Crippen LogP contribution in [0.25, 0.3) is 0 Å². The van der Waals surface area contributed by atoms with E-state index in [1.165, 1.54) is 0 Å². The van der Waals surface area contributed by atoms with E-state index in [4.69, 9.17) is 0 Å². The highest BCUT2D eigenvalue weighted by Crippen LogP contribution is 2.48. The van der Waals surface area contributed by atoms with E-state index >= 15 is 0 Å². The first-order chi connectivity index (χ1) is 9.54. The van der Waals surface area contributed by atoms with E-state index < -0.39 is 41.4 Å². The lowest BCUT2D eigenvalue weighted by molar-refractivity contribution is -0.202. The minimum absolute atomic E-state index is 0.00681. The molecule has 1 N–H and O–H groups in total. The summed E-state index contributed by atoms with van der Waals surface area (Å²) in [5.74, 6) is -1.81. The summed E-state index contributed by atoms with van der Waals surface area (Å²) in [5.41, 5.74) is -3.87. The lowest BCUT2D eigenvalue weighted by atomic mass is 9.73. The zero-order chi connectivity index (χ0) is 15.9. The molecule has 0 radical (unpaired) electrons. The first kappa shape index (κ1) is 16.1. The molecule has 118 valence electrons. The summed E-state index contributed by atoms with van der Waals surface area (Å²) in [6.45, 7) is 0. The molecule has 2 rings (SSSR count). The van der Waals surface area contributed by atoms with Gasteiger partial charge in [0.05, 0.1) is 17.1 Å². The molecule has 1 heterocycles.